The van der Waals surface area contributed by atoms with Crippen molar-refractivity contribution in [3.8, 4) is 0 Å². The number of nitrogens with one attached hydrogen (secondary N) is 2. The van der Waals surface area contributed by atoms with Crippen LogP contribution < -0.4 is 10.6 Å². The minimum absolute atomic E-state index is 0.0240. The highest BCUT2D eigenvalue weighted by Crippen LogP contribution is 2.15. The maximum Gasteiger partial charge on any atom is 0.286 e. The topological polar surface area (TPSA) is 93.2 Å². The number of aromatic nitrogens is 2. The second kappa shape index (κ2) is 11.3. The summed E-state index contributed by atoms with van der Waals surface area (Å²) in [7, 11) is 0. The lowest BCUT2D eigenvalue weighted by Crippen LogP contribution is -2.35. The number of anilines is 1. The lowest BCUT2D eigenvalue weighted by molar-refractivity contribution is -0.126. The fraction of sp³-hybridized carbons (Fsp3) is 0.273. The van der Waals surface area contributed by atoms with Gasteiger partial charge in [0.2, 0.25) is 10.9 Å². The van der Waals surface area contributed by atoms with E-state index in [9.17, 15) is 14.0 Å². The van der Waals surface area contributed by atoms with Crippen LogP contribution in [0.4, 0.5) is 10.1 Å². The van der Waals surface area contributed by atoms with Crippen LogP contribution in [-0.2, 0) is 22.6 Å². The zero-order valence-corrected chi connectivity index (χ0v) is 17.8. The van der Waals surface area contributed by atoms with Crippen LogP contribution in [0.1, 0.15) is 33.7 Å². The van der Waals surface area contributed by atoms with Crippen LogP contribution in [0.25, 0.3) is 0 Å². The number of carbonyl (C=O) groups excluding carboxylic acids is 2. The van der Waals surface area contributed by atoms with Gasteiger partial charge in [-0.3, -0.25) is 9.59 Å². The van der Waals surface area contributed by atoms with Crippen molar-refractivity contribution in [1.82, 2.24) is 15.5 Å². The number of hydrogen-bond acceptors (Lipinski definition) is 6. The molecule has 162 valence electrons. The number of halogens is 1. The van der Waals surface area contributed by atoms with Crippen molar-refractivity contribution < 1.29 is 18.7 Å². The Morgan fingerprint density at radius 3 is 2.71 bits per heavy atom. The summed E-state index contributed by atoms with van der Waals surface area (Å²) in [6.07, 6.45) is 1.71. The van der Waals surface area contributed by atoms with E-state index in [1.54, 1.807) is 6.07 Å². The van der Waals surface area contributed by atoms with Crippen LogP contribution in [0.2, 0.25) is 0 Å². The van der Waals surface area contributed by atoms with Gasteiger partial charge in [0, 0.05) is 11.7 Å². The second-order valence-electron chi connectivity index (χ2n) is 6.95. The molecule has 0 aliphatic heterocycles. The summed E-state index contributed by atoms with van der Waals surface area (Å²) in [5.74, 6) is -1.15. The van der Waals surface area contributed by atoms with E-state index >= 15 is 0 Å². The fourth-order valence-electron chi connectivity index (χ4n) is 2.80. The van der Waals surface area contributed by atoms with Crippen molar-refractivity contribution in [3.05, 3.63) is 76.0 Å². The predicted octanol–water partition coefficient (Wildman–Crippen LogP) is 3.58. The highest BCUT2D eigenvalue weighted by molar-refractivity contribution is 7.13. The zero-order valence-electron chi connectivity index (χ0n) is 17.0. The third-order valence-electron chi connectivity index (χ3n) is 4.32. The molecule has 3 aromatic rings. The maximum atomic E-state index is 13.2. The van der Waals surface area contributed by atoms with E-state index in [4.69, 9.17) is 4.74 Å². The molecule has 1 atom stereocenters. The molecule has 2 amide bonds. The predicted molar refractivity (Wildman–Crippen MR) is 116 cm³/mol. The van der Waals surface area contributed by atoms with Crippen LogP contribution in [0.5, 0.6) is 0 Å². The number of carbonyl (C=O) groups is 2. The molecule has 0 spiro atoms. The van der Waals surface area contributed by atoms with Crippen LogP contribution in [0.15, 0.2) is 54.6 Å². The number of nitrogens with zero attached hydrogens (tertiary/aromatic N) is 2. The number of rotatable bonds is 10. The Morgan fingerprint density at radius 1 is 1.13 bits per heavy atom. The molecule has 0 radical (unpaired) electrons. The van der Waals surface area contributed by atoms with E-state index in [0.29, 0.717) is 10.7 Å². The van der Waals surface area contributed by atoms with Gasteiger partial charge in [-0.15, -0.1) is 10.2 Å². The van der Waals surface area contributed by atoms with Gasteiger partial charge in [0.05, 0.1) is 0 Å². The van der Waals surface area contributed by atoms with Crippen molar-refractivity contribution in [2.45, 2.75) is 32.4 Å². The molecule has 2 N–H and O–H groups in total. The summed E-state index contributed by atoms with van der Waals surface area (Å²) in [4.78, 5) is 24.2. The van der Waals surface area contributed by atoms with Gasteiger partial charge in [-0.05, 0) is 43.5 Å². The van der Waals surface area contributed by atoms with E-state index in [1.165, 1.54) is 23.8 Å². The summed E-state index contributed by atoms with van der Waals surface area (Å²) in [5, 5.41) is 13.8. The van der Waals surface area contributed by atoms with Gasteiger partial charge in [0.25, 0.3) is 5.91 Å². The first-order chi connectivity index (χ1) is 15.0. The molecule has 3 rings (SSSR count). The van der Waals surface area contributed by atoms with Crippen LogP contribution in [-0.4, -0.2) is 34.7 Å². The number of ether oxygens (including phenoxy) is 1. The first kappa shape index (κ1) is 22.5. The first-order valence-electron chi connectivity index (χ1n) is 9.80. The highest BCUT2D eigenvalue weighted by atomic mass is 32.1. The molecule has 0 aliphatic rings. The molecule has 9 heteroatoms. The van der Waals surface area contributed by atoms with Crippen molar-refractivity contribution in [3.63, 3.8) is 0 Å². The zero-order chi connectivity index (χ0) is 22.1. The van der Waals surface area contributed by atoms with Crippen molar-refractivity contribution >= 4 is 28.8 Å². The van der Waals surface area contributed by atoms with Crippen LogP contribution in [0.3, 0.4) is 0 Å². The monoisotopic (exact) mass is 442 g/mol. The second-order valence-corrected chi connectivity index (χ2v) is 8.01. The lowest BCUT2D eigenvalue weighted by atomic mass is 10.1. The third kappa shape index (κ3) is 7.54. The average molecular weight is 443 g/mol. The fourth-order valence-corrected chi connectivity index (χ4v) is 3.47. The molecule has 0 aliphatic carbocycles. The first-order valence-corrected chi connectivity index (χ1v) is 10.6. The van der Waals surface area contributed by atoms with Crippen molar-refractivity contribution in [1.29, 1.82) is 0 Å². The summed E-state index contributed by atoms with van der Waals surface area (Å²) in [6.45, 7) is 1.91. The Bertz CT molecular complexity index is 1010. The Morgan fingerprint density at radius 2 is 1.94 bits per heavy atom. The molecule has 31 heavy (non-hydrogen) atoms. The molecule has 0 saturated heterocycles. The molecule has 0 bridgehead atoms. The number of amides is 2. The largest absolute Gasteiger partial charge is 0.364 e. The van der Waals surface area contributed by atoms with Gasteiger partial charge in [0.1, 0.15) is 24.0 Å². The molecule has 0 saturated carbocycles. The van der Waals surface area contributed by atoms with E-state index in [1.807, 2.05) is 25.1 Å². The summed E-state index contributed by atoms with van der Waals surface area (Å²) >= 11 is 1.05. The van der Waals surface area contributed by atoms with Crippen LogP contribution >= 0.6 is 11.3 Å². The number of benzene rings is 2. The Balaban J connectivity index is 1.37. The van der Waals surface area contributed by atoms with E-state index < -0.39 is 11.7 Å². The van der Waals surface area contributed by atoms with Gasteiger partial charge in [-0.1, -0.05) is 47.7 Å². The Labute approximate surface area is 183 Å². The maximum absolute atomic E-state index is 13.2. The molecule has 1 heterocycles. The molecular weight excluding hydrogens is 419 g/mol. The minimum atomic E-state index is -0.487. The number of hydrogen-bond donors (Lipinski definition) is 2. The number of aryl methyl sites for hydroxylation is 1. The smallest absolute Gasteiger partial charge is 0.286 e. The van der Waals surface area contributed by atoms with Gasteiger partial charge in [-0.25, -0.2) is 4.39 Å². The molecule has 0 unspecified atom stereocenters. The van der Waals surface area contributed by atoms with E-state index in [2.05, 4.69) is 33.0 Å². The van der Waals surface area contributed by atoms with Gasteiger partial charge < -0.3 is 15.4 Å². The molecule has 2 aromatic carbocycles. The summed E-state index contributed by atoms with van der Waals surface area (Å²) < 4.78 is 18.6. The SMILES string of the molecule is C[C@@H](CCc1ccccc1)NC(=O)COCc1nnc(C(=O)Nc2cccc(F)c2)s1. The lowest BCUT2D eigenvalue weighted by Gasteiger charge is -2.13. The van der Waals surface area contributed by atoms with Gasteiger partial charge in [-0.2, -0.15) is 0 Å². The molecule has 1 aromatic heterocycles. The van der Waals surface area contributed by atoms with Crippen LogP contribution in [0, 0.1) is 5.82 Å². The van der Waals surface area contributed by atoms with E-state index in [0.717, 1.165) is 24.2 Å². The van der Waals surface area contributed by atoms with Gasteiger partial charge >= 0.3 is 0 Å². The van der Waals surface area contributed by atoms with E-state index in [-0.39, 0.29) is 30.2 Å². The average Bonchev–Trinajstić information content (AvgIpc) is 3.22. The Hall–Kier alpha value is -3.17. The normalized spacial score (nSPS) is 11.7. The minimum Gasteiger partial charge on any atom is -0.364 e. The summed E-state index contributed by atoms with van der Waals surface area (Å²) in [6, 6.07) is 15.7. The van der Waals surface area contributed by atoms with Crippen molar-refractivity contribution in [2.75, 3.05) is 11.9 Å². The summed E-state index contributed by atoms with van der Waals surface area (Å²) in [5.41, 5.74) is 1.56. The molecule has 7 nitrogen and oxygen atoms in total. The highest BCUT2D eigenvalue weighted by Gasteiger charge is 2.14. The molecule has 0 fully saturated rings. The van der Waals surface area contributed by atoms with Crippen molar-refractivity contribution in [2.24, 2.45) is 0 Å². The Kier molecular flexibility index (Phi) is 8.19. The third-order valence-corrected chi connectivity index (χ3v) is 5.21. The van der Waals surface area contributed by atoms with Gasteiger partial charge in [0.15, 0.2) is 0 Å². The molecular formula is C22H23FN4O3S. The standard InChI is InChI=1S/C22H23FN4O3S/c1-15(10-11-16-6-3-2-4-7-16)24-19(28)13-30-14-20-26-27-22(31-20)21(29)25-18-9-5-8-17(23)12-18/h2-9,12,15H,10-11,13-14H2,1H3,(H,24,28)(H,25,29)/t15-/m0/s1. The quantitative estimate of drug-likeness (QED) is 0.501.